The van der Waals surface area contributed by atoms with Crippen LogP contribution in [0.15, 0.2) is 24.3 Å². The van der Waals surface area contributed by atoms with Gasteiger partial charge in [-0.05, 0) is 18.9 Å². The topological polar surface area (TPSA) is 74.7 Å². The largest absolute Gasteiger partial charge is 0.481 e. The summed E-state index contributed by atoms with van der Waals surface area (Å²) in [6.07, 6.45) is 0.391. The van der Waals surface area contributed by atoms with Gasteiger partial charge >= 0.3 is 5.97 Å². The van der Waals surface area contributed by atoms with Crippen LogP contribution in [0.4, 0.5) is 0 Å². The van der Waals surface area contributed by atoms with Crippen molar-refractivity contribution in [2.45, 2.75) is 19.1 Å². The fourth-order valence-corrected chi connectivity index (χ4v) is 3.76. The quantitative estimate of drug-likeness (QED) is 0.902. The van der Waals surface area contributed by atoms with Gasteiger partial charge in [0.25, 0.3) is 0 Å². The van der Waals surface area contributed by atoms with Crippen molar-refractivity contribution in [3.8, 4) is 0 Å². The fourth-order valence-electron chi connectivity index (χ4n) is 2.17. The maximum absolute atomic E-state index is 12.2. The van der Waals surface area contributed by atoms with E-state index >= 15 is 0 Å². The Kier molecular flexibility index (Phi) is 3.91. The van der Waals surface area contributed by atoms with Crippen molar-refractivity contribution in [1.82, 2.24) is 4.31 Å². The van der Waals surface area contributed by atoms with Crippen molar-refractivity contribution in [2.75, 3.05) is 13.1 Å². The lowest BCUT2D eigenvalue weighted by Gasteiger charge is -2.16. The maximum Gasteiger partial charge on any atom is 0.307 e. The molecule has 0 spiro atoms. The molecule has 1 aromatic rings. The van der Waals surface area contributed by atoms with Gasteiger partial charge in [0.15, 0.2) is 0 Å². The van der Waals surface area contributed by atoms with E-state index in [0.717, 1.165) is 11.1 Å². The summed E-state index contributed by atoms with van der Waals surface area (Å²) in [4.78, 5) is 10.8. The number of benzene rings is 1. The molecule has 0 bridgehead atoms. The summed E-state index contributed by atoms with van der Waals surface area (Å²) in [5, 5.41) is 8.90. The Balaban J connectivity index is 2.07. The molecule has 0 aromatic heterocycles. The van der Waals surface area contributed by atoms with Crippen LogP contribution in [0.2, 0.25) is 0 Å². The number of hydrogen-bond donors (Lipinski definition) is 1. The zero-order chi connectivity index (χ0) is 14.0. The molecule has 1 aromatic carbocycles. The maximum atomic E-state index is 12.2. The average molecular weight is 283 g/mol. The highest BCUT2D eigenvalue weighted by atomic mass is 32.2. The van der Waals surface area contributed by atoms with Crippen molar-refractivity contribution >= 4 is 16.0 Å². The molecular weight excluding hydrogens is 266 g/mol. The molecule has 2 rings (SSSR count). The normalized spacial score (nSPS) is 20.6. The van der Waals surface area contributed by atoms with Crippen LogP contribution in [0.25, 0.3) is 0 Å². The number of carbonyl (C=O) groups is 1. The first kappa shape index (κ1) is 14.0. The number of aliphatic carboxylic acids is 1. The fraction of sp³-hybridized carbons (Fsp3) is 0.462. The van der Waals surface area contributed by atoms with Crippen LogP contribution in [-0.4, -0.2) is 36.9 Å². The van der Waals surface area contributed by atoms with Crippen LogP contribution in [0.1, 0.15) is 17.5 Å². The van der Waals surface area contributed by atoms with E-state index in [0.29, 0.717) is 13.0 Å². The lowest BCUT2D eigenvalue weighted by molar-refractivity contribution is -0.141. The number of nitrogens with zero attached hydrogens (tertiary/aromatic N) is 1. The van der Waals surface area contributed by atoms with Crippen LogP contribution >= 0.6 is 0 Å². The molecular formula is C13H17NO4S. The monoisotopic (exact) mass is 283 g/mol. The van der Waals surface area contributed by atoms with Crippen LogP contribution < -0.4 is 0 Å². The Labute approximate surface area is 112 Å². The van der Waals surface area contributed by atoms with Crippen molar-refractivity contribution in [1.29, 1.82) is 0 Å². The van der Waals surface area contributed by atoms with Crippen molar-refractivity contribution < 1.29 is 18.3 Å². The summed E-state index contributed by atoms with van der Waals surface area (Å²) in [6.45, 7) is 2.32. The molecule has 1 aliphatic heterocycles. The second-order valence-electron chi connectivity index (χ2n) is 4.92. The van der Waals surface area contributed by atoms with E-state index < -0.39 is 21.9 Å². The van der Waals surface area contributed by atoms with Crippen molar-refractivity contribution in [2.24, 2.45) is 5.92 Å². The smallest absolute Gasteiger partial charge is 0.307 e. The lowest BCUT2D eigenvalue weighted by Crippen LogP contribution is -2.31. The molecule has 0 saturated carbocycles. The number of hydrogen-bond acceptors (Lipinski definition) is 3. The Morgan fingerprint density at radius 2 is 2.00 bits per heavy atom. The molecule has 1 fully saturated rings. The molecule has 0 amide bonds. The Hall–Kier alpha value is -1.40. The number of carboxylic acids is 1. The Bertz CT molecular complexity index is 565. The summed E-state index contributed by atoms with van der Waals surface area (Å²) in [6, 6.07) is 7.32. The van der Waals surface area contributed by atoms with Gasteiger partial charge in [0.2, 0.25) is 10.0 Å². The van der Waals surface area contributed by atoms with Crippen LogP contribution in [0.5, 0.6) is 0 Å². The van der Waals surface area contributed by atoms with E-state index in [1.54, 1.807) is 12.1 Å². The molecule has 0 aliphatic carbocycles. The van der Waals surface area contributed by atoms with E-state index in [1.807, 2.05) is 19.1 Å². The second-order valence-corrected chi connectivity index (χ2v) is 6.89. The number of sulfonamides is 1. The molecule has 5 nitrogen and oxygen atoms in total. The van der Waals surface area contributed by atoms with Gasteiger partial charge in [0.1, 0.15) is 0 Å². The van der Waals surface area contributed by atoms with E-state index in [2.05, 4.69) is 0 Å². The van der Waals surface area contributed by atoms with E-state index in [-0.39, 0.29) is 12.3 Å². The molecule has 104 valence electrons. The standard InChI is InChI=1S/C13H17NO4S/c1-10-2-4-11(5-3-10)9-19(17,18)14-7-6-12(8-14)13(15)16/h2-5,12H,6-9H2,1H3,(H,15,16). The van der Waals surface area contributed by atoms with E-state index in [9.17, 15) is 13.2 Å². The SMILES string of the molecule is Cc1ccc(CS(=O)(=O)N2CCC(C(=O)O)C2)cc1. The van der Waals surface area contributed by atoms with Crippen LogP contribution in [0, 0.1) is 12.8 Å². The van der Waals surface area contributed by atoms with Crippen molar-refractivity contribution in [3.05, 3.63) is 35.4 Å². The summed E-state index contributed by atoms with van der Waals surface area (Å²) >= 11 is 0. The van der Waals surface area contributed by atoms with Gasteiger partial charge in [-0.3, -0.25) is 4.79 Å². The van der Waals surface area contributed by atoms with Gasteiger partial charge in [-0.25, -0.2) is 12.7 Å². The minimum Gasteiger partial charge on any atom is -0.481 e. The third-order valence-corrected chi connectivity index (χ3v) is 5.18. The summed E-state index contributed by atoms with van der Waals surface area (Å²) in [5.41, 5.74) is 1.80. The summed E-state index contributed by atoms with van der Waals surface area (Å²) < 4.78 is 25.7. The predicted molar refractivity (Wildman–Crippen MR) is 71.1 cm³/mol. The molecule has 19 heavy (non-hydrogen) atoms. The zero-order valence-corrected chi connectivity index (χ0v) is 11.6. The molecule has 1 unspecified atom stereocenters. The van der Waals surface area contributed by atoms with E-state index in [1.165, 1.54) is 4.31 Å². The third kappa shape index (κ3) is 3.33. The van der Waals surface area contributed by atoms with E-state index in [4.69, 9.17) is 5.11 Å². The van der Waals surface area contributed by atoms with Crippen LogP contribution in [0.3, 0.4) is 0 Å². The van der Waals surface area contributed by atoms with Crippen LogP contribution in [-0.2, 0) is 20.6 Å². The van der Waals surface area contributed by atoms with Crippen molar-refractivity contribution in [3.63, 3.8) is 0 Å². The molecule has 1 saturated heterocycles. The first-order valence-corrected chi connectivity index (χ1v) is 7.75. The Morgan fingerprint density at radius 1 is 1.37 bits per heavy atom. The lowest BCUT2D eigenvalue weighted by atomic mass is 10.1. The Morgan fingerprint density at radius 3 is 2.53 bits per heavy atom. The summed E-state index contributed by atoms with van der Waals surface area (Å²) in [5.74, 6) is -1.57. The number of rotatable bonds is 4. The predicted octanol–water partition coefficient (Wildman–Crippen LogP) is 1.23. The van der Waals surface area contributed by atoms with Gasteiger partial charge in [-0.2, -0.15) is 0 Å². The van der Waals surface area contributed by atoms with Gasteiger partial charge in [-0.1, -0.05) is 29.8 Å². The highest BCUT2D eigenvalue weighted by Crippen LogP contribution is 2.22. The minimum absolute atomic E-state index is 0.0698. The number of carboxylic acid groups (broad SMARTS) is 1. The minimum atomic E-state index is -3.42. The molecule has 1 N–H and O–H groups in total. The number of aryl methyl sites for hydroxylation is 1. The highest BCUT2D eigenvalue weighted by Gasteiger charge is 2.34. The molecule has 1 aliphatic rings. The average Bonchev–Trinajstić information content (AvgIpc) is 2.82. The van der Waals surface area contributed by atoms with Gasteiger partial charge < -0.3 is 5.11 Å². The third-order valence-electron chi connectivity index (χ3n) is 3.36. The zero-order valence-electron chi connectivity index (χ0n) is 10.7. The van der Waals surface area contributed by atoms with Gasteiger partial charge in [-0.15, -0.1) is 0 Å². The first-order valence-electron chi connectivity index (χ1n) is 6.14. The summed E-state index contributed by atoms with van der Waals surface area (Å²) in [7, 11) is -3.42. The highest BCUT2D eigenvalue weighted by molar-refractivity contribution is 7.88. The molecule has 1 heterocycles. The molecule has 1 atom stereocenters. The molecule has 6 heteroatoms. The first-order chi connectivity index (χ1) is 8.88. The van der Waals surface area contributed by atoms with Gasteiger partial charge in [0, 0.05) is 13.1 Å². The molecule has 0 radical (unpaired) electrons. The second kappa shape index (κ2) is 5.30. The van der Waals surface area contributed by atoms with Gasteiger partial charge in [0.05, 0.1) is 11.7 Å².